The first kappa shape index (κ1) is 19.9. The number of aryl methyl sites for hydroxylation is 1. The van der Waals surface area contributed by atoms with Gasteiger partial charge in [0.15, 0.2) is 0 Å². The average Bonchev–Trinajstić information content (AvgIpc) is 3.16. The van der Waals surface area contributed by atoms with E-state index >= 15 is 0 Å². The van der Waals surface area contributed by atoms with E-state index in [4.69, 9.17) is 4.74 Å². The van der Waals surface area contributed by atoms with Gasteiger partial charge >= 0.3 is 0 Å². The standard InChI is InChI=1S/C22H22N4O3S/c1-14-18(15-3-6-17(29-2)7-4-15)11-19(30-14)22(28)25-16-5-8-20(24-12-16)26-10-9-23-21(27)13-26/h3-8,11-12H,9-10,13H2,1-2H3,(H,23,27)(H,25,28). The number of nitrogens with zero attached hydrogens (tertiary/aromatic N) is 2. The number of methoxy groups -OCH3 is 1. The summed E-state index contributed by atoms with van der Waals surface area (Å²) in [6, 6.07) is 13.3. The number of carbonyl (C=O) groups excluding carboxylic acids is 2. The minimum absolute atomic E-state index is 0.0128. The molecule has 3 aromatic rings. The maximum Gasteiger partial charge on any atom is 0.265 e. The summed E-state index contributed by atoms with van der Waals surface area (Å²) >= 11 is 1.46. The average molecular weight is 423 g/mol. The summed E-state index contributed by atoms with van der Waals surface area (Å²) in [5.41, 5.74) is 2.69. The predicted molar refractivity (Wildman–Crippen MR) is 118 cm³/mol. The van der Waals surface area contributed by atoms with Gasteiger partial charge in [-0.3, -0.25) is 9.59 Å². The molecule has 1 aromatic carbocycles. The molecule has 8 heteroatoms. The number of thiophene rings is 1. The summed E-state index contributed by atoms with van der Waals surface area (Å²) < 4.78 is 5.21. The molecule has 2 aromatic heterocycles. The van der Waals surface area contributed by atoms with Crippen molar-refractivity contribution in [3.63, 3.8) is 0 Å². The Balaban J connectivity index is 1.45. The zero-order valence-corrected chi connectivity index (χ0v) is 17.6. The molecule has 2 amide bonds. The number of nitrogens with one attached hydrogen (secondary N) is 2. The lowest BCUT2D eigenvalue weighted by Crippen LogP contribution is -2.48. The molecule has 0 spiro atoms. The Morgan fingerprint density at radius 3 is 2.70 bits per heavy atom. The highest BCUT2D eigenvalue weighted by molar-refractivity contribution is 7.14. The number of benzene rings is 1. The number of aromatic nitrogens is 1. The zero-order valence-electron chi connectivity index (χ0n) is 16.8. The lowest BCUT2D eigenvalue weighted by Gasteiger charge is -2.27. The lowest BCUT2D eigenvalue weighted by molar-refractivity contribution is -0.120. The third-order valence-corrected chi connectivity index (χ3v) is 5.96. The number of anilines is 2. The highest BCUT2D eigenvalue weighted by Gasteiger charge is 2.18. The van der Waals surface area contributed by atoms with Crippen molar-refractivity contribution >= 4 is 34.7 Å². The summed E-state index contributed by atoms with van der Waals surface area (Å²) in [7, 11) is 1.64. The monoisotopic (exact) mass is 422 g/mol. The van der Waals surface area contributed by atoms with Crippen molar-refractivity contribution < 1.29 is 14.3 Å². The zero-order chi connectivity index (χ0) is 21.1. The van der Waals surface area contributed by atoms with Crippen LogP contribution in [0.1, 0.15) is 14.5 Å². The second-order valence-corrected chi connectivity index (χ2v) is 8.20. The molecule has 1 aliphatic rings. The van der Waals surface area contributed by atoms with Crippen molar-refractivity contribution in [3.8, 4) is 16.9 Å². The van der Waals surface area contributed by atoms with Gasteiger partial charge in [-0.2, -0.15) is 0 Å². The molecule has 0 radical (unpaired) electrons. The van der Waals surface area contributed by atoms with Gasteiger partial charge in [0.05, 0.1) is 30.4 Å². The molecular formula is C22H22N4O3S. The first-order chi connectivity index (χ1) is 14.5. The molecule has 30 heavy (non-hydrogen) atoms. The number of piperazine rings is 1. The van der Waals surface area contributed by atoms with Gasteiger partial charge in [-0.25, -0.2) is 4.98 Å². The highest BCUT2D eigenvalue weighted by atomic mass is 32.1. The predicted octanol–water partition coefficient (Wildman–Crippen LogP) is 3.32. The molecule has 0 unspecified atom stereocenters. The van der Waals surface area contributed by atoms with E-state index in [1.165, 1.54) is 11.3 Å². The van der Waals surface area contributed by atoms with Crippen molar-refractivity contribution in [3.05, 3.63) is 58.4 Å². The van der Waals surface area contributed by atoms with Gasteiger partial charge in [0, 0.05) is 18.0 Å². The number of carbonyl (C=O) groups is 2. The highest BCUT2D eigenvalue weighted by Crippen LogP contribution is 2.32. The van der Waals surface area contributed by atoms with E-state index in [0.29, 0.717) is 30.2 Å². The van der Waals surface area contributed by atoms with Gasteiger partial charge in [0.25, 0.3) is 5.91 Å². The van der Waals surface area contributed by atoms with Crippen LogP contribution in [0.4, 0.5) is 11.5 Å². The normalized spacial score (nSPS) is 13.7. The lowest BCUT2D eigenvalue weighted by atomic mass is 10.1. The molecule has 3 heterocycles. The molecule has 1 fully saturated rings. The minimum Gasteiger partial charge on any atom is -0.497 e. The largest absolute Gasteiger partial charge is 0.497 e. The van der Waals surface area contributed by atoms with Crippen LogP contribution in [-0.4, -0.2) is 43.5 Å². The van der Waals surface area contributed by atoms with Crippen LogP contribution in [0, 0.1) is 6.92 Å². The van der Waals surface area contributed by atoms with Crippen LogP contribution in [-0.2, 0) is 4.79 Å². The second kappa shape index (κ2) is 8.54. The van der Waals surface area contributed by atoms with Crippen molar-refractivity contribution in [2.75, 3.05) is 37.0 Å². The van der Waals surface area contributed by atoms with E-state index in [1.807, 2.05) is 48.2 Å². The third kappa shape index (κ3) is 4.28. The number of rotatable bonds is 5. The molecule has 4 rings (SSSR count). The maximum atomic E-state index is 12.7. The van der Waals surface area contributed by atoms with Crippen LogP contribution in [0.15, 0.2) is 48.7 Å². The summed E-state index contributed by atoms with van der Waals surface area (Å²) in [4.78, 5) is 32.3. The maximum absolute atomic E-state index is 12.7. The summed E-state index contributed by atoms with van der Waals surface area (Å²) in [6.45, 7) is 3.62. The number of amides is 2. The Kier molecular flexibility index (Phi) is 5.67. The fraction of sp³-hybridized carbons (Fsp3) is 0.227. The van der Waals surface area contributed by atoms with E-state index in [-0.39, 0.29) is 11.8 Å². The topological polar surface area (TPSA) is 83.6 Å². The Hall–Kier alpha value is -3.39. The van der Waals surface area contributed by atoms with Crippen molar-refractivity contribution in [1.29, 1.82) is 0 Å². The van der Waals surface area contributed by atoms with Crippen molar-refractivity contribution in [1.82, 2.24) is 10.3 Å². The quantitative estimate of drug-likeness (QED) is 0.659. The third-order valence-electron chi connectivity index (χ3n) is 4.91. The van der Waals surface area contributed by atoms with E-state index < -0.39 is 0 Å². The first-order valence-electron chi connectivity index (χ1n) is 9.57. The summed E-state index contributed by atoms with van der Waals surface area (Å²) in [6.07, 6.45) is 1.62. The van der Waals surface area contributed by atoms with Gasteiger partial charge in [-0.1, -0.05) is 12.1 Å². The molecule has 0 bridgehead atoms. The number of hydrogen-bond acceptors (Lipinski definition) is 6. The van der Waals surface area contributed by atoms with Crippen LogP contribution in [0.3, 0.4) is 0 Å². The molecule has 7 nitrogen and oxygen atoms in total. The Morgan fingerprint density at radius 1 is 1.23 bits per heavy atom. The number of ether oxygens (including phenoxy) is 1. The molecule has 154 valence electrons. The minimum atomic E-state index is -0.172. The Bertz CT molecular complexity index is 1060. The van der Waals surface area contributed by atoms with E-state index in [9.17, 15) is 9.59 Å². The van der Waals surface area contributed by atoms with Crippen LogP contribution in [0.25, 0.3) is 11.1 Å². The molecule has 0 atom stereocenters. The van der Waals surface area contributed by atoms with E-state index in [1.54, 1.807) is 19.4 Å². The Labute approximate surface area is 178 Å². The number of hydrogen-bond donors (Lipinski definition) is 2. The molecule has 2 N–H and O–H groups in total. The smallest absolute Gasteiger partial charge is 0.265 e. The van der Waals surface area contributed by atoms with Gasteiger partial charge in [0.1, 0.15) is 11.6 Å². The van der Waals surface area contributed by atoms with Crippen LogP contribution in [0.2, 0.25) is 0 Å². The first-order valence-corrected chi connectivity index (χ1v) is 10.4. The van der Waals surface area contributed by atoms with Crippen LogP contribution in [0.5, 0.6) is 5.75 Å². The SMILES string of the molecule is COc1ccc(-c2cc(C(=O)Nc3ccc(N4CCNC(=O)C4)nc3)sc2C)cc1. The molecule has 0 aliphatic carbocycles. The summed E-state index contributed by atoms with van der Waals surface area (Å²) in [5.74, 6) is 1.33. The van der Waals surface area contributed by atoms with Crippen LogP contribution >= 0.6 is 11.3 Å². The fourth-order valence-electron chi connectivity index (χ4n) is 3.33. The second-order valence-electron chi connectivity index (χ2n) is 6.94. The van der Waals surface area contributed by atoms with Gasteiger partial charge in [0.2, 0.25) is 5.91 Å². The van der Waals surface area contributed by atoms with Gasteiger partial charge < -0.3 is 20.3 Å². The van der Waals surface area contributed by atoms with Crippen LogP contribution < -0.4 is 20.3 Å². The molecular weight excluding hydrogens is 400 g/mol. The molecule has 1 saturated heterocycles. The van der Waals surface area contributed by atoms with Crippen molar-refractivity contribution in [2.45, 2.75) is 6.92 Å². The molecule has 1 aliphatic heterocycles. The van der Waals surface area contributed by atoms with Crippen molar-refractivity contribution in [2.24, 2.45) is 0 Å². The fourth-order valence-corrected chi connectivity index (χ4v) is 4.26. The van der Waals surface area contributed by atoms with Gasteiger partial charge in [-0.15, -0.1) is 11.3 Å². The Morgan fingerprint density at radius 2 is 2.03 bits per heavy atom. The molecule has 0 saturated carbocycles. The van der Waals surface area contributed by atoms with E-state index in [2.05, 4.69) is 15.6 Å². The summed E-state index contributed by atoms with van der Waals surface area (Å²) in [5, 5.41) is 5.69. The van der Waals surface area contributed by atoms with Gasteiger partial charge in [-0.05, 0) is 48.4 Å². The van der Waals surface area contributed by atoms with E-state index in [0.717, 1.165) is 27.6 Å². The number of pyridine rings is 1.